The van der Waals surface area contributed by atoms with Gasteiger partial charge in [-0.05, 0) is 68.6 Å². The highest BCUT2D eigenvalue weighted by molar-refractivity contribution is 6.34. The Morgan fingerprint density at radius 1 is 1.24 bits per heavy atom. The first-order valence-electron chi connectivity index (χ1n) is 12.8. The van der Waals surface area contributed by atoms with Gasteiger partial charge in [-0.1, -0.05) is 24.1 Å². The first-order chi connectivity index (χ1) is 17.7. The molecular formula is C27H29ClF2N4O3. The number of rotatable bonds is 6. The van der Waals surface area contributed by atoms with Crippen LogP contribution in [-0.4, -0.2) is 40.7 Å². The van der Waals surface area contributed by atoms with Crippen LogP contribution in [0.25, 0.3) is 0 Å². The number of para-hydroxylation sites is 1. The Kier molecular flexibility index (Phi) is 6.03. The van der Waals surface area contributed by atoms with Crippen molar-refractivity contribution in [2.45, 2.75) is 64.3 Å². The molecule has 2 aromatic carbocycles. The van der Waals surface area contributed by atoms with Crippen molar-refractivity contribution < 1.29 is 23.4 Å². The molecule has 7 nitrogen and oxygen atoms in total. The topological polar surface area (TPSA) is 77.4 Å². The predicted molar refractivity (Wildman–Crippen MR) is 137 cm³/mol. The Labute approximate surface area is 219 Å². The number of carbonyl (C=O) groups excluding carboxylic acids is 1. The van der Waals surface area contributed by atoms with Crippen LogP contribution in [0.4, 0.5) is 20.2 Å². The molecule has 1 spiro atoms. The molecule has 2 aliphatic carbocycles. The highest BCUT2D eigenvalue weighted by atomic mass is 35.5. The van der Waals surface area contributed by atoms with E-state index in [0.29, 0.717) is 12.5 Å². The van der Waals surface area contributed by atoms with Crippen LogP contribution in [-0.2, 0) is 0 Å². The maximum Gasteiger partial charge on any atom is 0.259 e. The van der Waals surface area contributed by atoms with Crippen LogP contribution in [0.1, 0.15) is 62.2 Å². The molecule has 196 valence electrons. The fourth-order valence-corrected chi connectivity index (χ4v) is 5.65. The Morgan fingerprint density at radius 3 is 2.70 bits per heavy atom. The quantitative estimate of drug-likeness (QED) is 0.499. The van der Waals surface area contributed by atoms with Gasteiger partial charge in [0.1, 0.15) is 28.9 Å². The number of fused-ring (bicyclic) bond motifs is 1. The zero-order chi connectivity index (χ0) is 25.9. The van der Waals surface area contributed by atoms with Gasteiger partial charge in [0.15, 0.2) is 0 Å². The predicted octanol–water partition coefficient (Wildman–Crippen LogP) is 5.72. The zero-order valence-electron chi connectivity index (χ0n) is 20.5. The summed E-state index contributed by atoms with van der Waals surface area (Å²) in [4.78, 5) is 15.0. The second-order valence-electron chi connectivity index (χ2n) is 10.7. The zero-order valence-corrected chi connectivity index (χ0v) is 21.3. The first kappa shape index (κ1) is 24.4. The third-order valence-corrected chi connectivity index (χ3v) is 8.61. The SMILES string of the molecule is C[C@H](Oc1cc(N2N=C3CC4(CCN3C2O)CC4)c(F)cc1C(=O)Nc1c(F)cccc1Cl)C1CCC1. The monoisotopic (exact) mass is 530 g/mol. The van der Waals surface area contributed by atoms with E-state index < -0.39 is 23.9 Å². The summed E-state index contributed by atoms with van der Waals surface area (Å²) in [7, 11) is 0. The molecule has 0 aromatic heterocycles. The minimum absolute atomic E-state index is 0.00975. The molecule has 37 heavy (non-hydrogen) atoms. The third kappa shape index (κ3) is 4.42. The molecule has 2 atom stereocenters. The number of ether oxygens (including phenoxy) is 1. The van der Waals surface area contributed by atoms with Gasteiger partial charge < -0.3 is 20.1 Å². The number of hydrazone groups is 1. The number of nitrogens with zero attached hydrogens (tertiary/aromatic N) is 3. The van der Waals surface area contributed by atoms with Gasteiger partial charge in [0, 0.05) is 19.0 Å². The van der Waals surface area contributed by atoms with Crippen LogP contribution in [0.5, 0.6) is 5.75 Å². The maximum atomic E-state index is 15.6. The number of hydrogen-bond donors (Lipinski definition) is 2. The minimum atomic E-state index is -1.14. The Hall–Kier alpha value is -2.91. The highest BCUT2D eigenvalue weighted by Crippen LogP contribution is 2.55. The van der Waals surface area contributed by atoms with Crippen molar-refractivity contribution >= 4 is 34.7 Å². The van der Waals surface area contributed by atoms with Crippen molar-refractivity contribution in [3.8, 4) is 5.75 Å². The molecule has 6 rings (SSSR count). The highest BCUT2D eigenvalue weighted by Gasteiger charge is 2.50. The van der Waals surface area contributed by atoms with Crippen LogP contribution in [0, 0.1) is 23.0 Å². The van der Waals surface area contributed by atoms with Crippen molar-refractivity contribution in [3.05, 3.63) is 52.6 Å². The number of hydrogen-bond acceptors (Lipinski definition) is 6. The molecular weight excluding hydrogens is 502 g/mol. The molecule has 2 aliphatic heterocycles. The van der Waals surface area contributed by atoms with E-state index in [1.807, 2.05) is 6.92 Å². The lowest BCUT2D eigenvalue weighted by atomic mass is 9.82. The second kappa shape index (κ2) is 9.13. The normalized spacial score (nSPS) is 22.8. The number of aliphatic hydroxyl groups is 1. The van der Waals surface area contributed by atoms with Gasteiger partial charge >= 0.3 is 0 Å². The van der Waals surface area contributed by atoms with Gasteiger partial charge in [-0.15, -0.1) is 0 Å². The Morgan fingerprint density at radius 2 is 2.03 bits per heavy atom. The fraction of sp³-hybridized carbons (Fsp3) is 0.481. The summed E-state index contributed by atoms with van der Waals surface area (Å²) >= 11 is 6.08. The molecule has 2 aromatic rings. The van der Waals surface area contributed by atoms with E-state index in [1.165, 1.54) is 29.3 Å². The fourth-order valence-electron chi connectivity index (χ4n) is 5.44. The summed E-state index contributed by atoms with van der Waals surface area (Å²) in [5.74, 6) is -1.00. The molecule has 2 saturated carbocycles. The summed E-state index contributed by atoms with van der Waals surface area (Å²) in [6.45, 7) is 2.58. The number of anilines is 2. The summed E-state index contributed by atoms with van der Waals surface area (Å²) < 4.78 is 36.1. The standard InChI is InChI=1S/C27H29ClF2N4O3/c1-15(16-4-2-5-16)37-22-13-21(34-26(36)33-11-10-27(8-9-27)14-23(33)32-34)20(30)12-17(22)25(35)31-24-18(28)6-3-7-19(24)29/h3,6-7,12-13,15-16,26,36H,2,4-5,8-11,14H2,1H3,(H,31,35)/t15-,26?/m0/s1. The molecule has 1 amide bonds. The van der Waals surface area contributed by atoms with Crippen molar-refractivity contribution in [2.24, 2.45) is 16.4 Å². The molecule has 4 aliphatic rings. The van der Waals surface area contributed by atoms with E-state index in [4.69, 9.17) is 16.3 Å². The smallest absolute Gasteiger partial charge is 0.259 e. The number of halogens is 3. The summed E-state index contributed by atoms with van der Waals surface area (Å²) in [6, 6.07) is 6.51. The van der Waals surface area contributed by atoms with Gasteiger partial charge in [-0.2, -0.15) is 5.10 Å². The number of benzene rings is 2. The first-order valence-corrected chi connectivity index (χ1v) is 13.2. The molecule has 0 radical (unpaired) electrons. The summed E-state index contributed by atoms with van der Waals surface area (Å²) in [5.41, 5.74) is -0.00592. The van der Waals surface area contributed by atoms with Gasteiger partial charge in [-0.3, -0.25) is 4.79 Å². The van der Waals surface area contributed by atoms with E-state index in [1.54, 1.807) is 4.90 Å². The molecule has 3 fully saturated rings. The maximum absolute atomic E-state index is 15.6. The number of nitrogens with one attached hydrogen (secondary N) is 1. The van der Waals surface area contributed by atoms with Crippen molar-refractivity contribution in [1.82, 2.24) is 4.90 Å². The van der Waals surface area contributed by atoms with Gasteiger partial charge in [-0.25, -0.2) is 13.8 Å². The number of amides is 1. The summed E-state index contributed by atoms with van der Waals surface area (Å²) in [5, 5.41) is 19.3. The Bertz CT molecular complexity index is 1260. The molecule has 1 saturated heterocycles. The number of aliphatic hydroxyl groups excluding tert-OH is 1. The van der Waals surface area contributed by atoms with E-state index in [9.17, 15) is 14.3 Å². The lowest BCUT2D eigenvalue weighted by molar-refractivity contribution is 0.0521. The lowest BCUT2D eigenvalue weighted by Gasteiger charge is -2.34. The number of carbonyl (C=O) groups is 1. The lowest BCUT2D eigenvalue weighted by Crippen LogP contribution is -2.46. The summed E-state index contributed by atoms with van der Waals surface area (Å²) in [6.07, 6.45) is 5.81. The van der Waals surface area contributed by atoms with E-state index in [0.717, 1.165) is 56.8 Å². The van der Waals surface area contributed by atoms with Crippen LogP contribution < -0.4 is 15.1 Å². The van der Waals surface area contributed by atoms with Gasteiger partial charge in [0.2, 0.25) is 6.35 Å². The van der Waals surface area contributed by atoms with Crippen LogP contribution in [0.2, 0.25) is 5.02 Å². The average Bonchev–Trinajstić information content (AvgIpc) is 3.49. The number of piperidine rings is 1. The van der Waals surface area contributed by atoms with Crippen molar-refractivity contribution in [3.63, 3.8) is 0 Å². The van der Waals surface area contributed by atoms with Gasteiger partial charge in [0.05, 0.1) is 22.4 Å². The van der Waals surface area contributed by atoms with E-state index in [-0.39, 0.29) is 39.2 Å². The van der Waals surface area contributed by atoms with Crippen LogP contribution in [0.15, 0.2) is 35.4 Å². The van der Waals surface area contributed by atoms with Gasteiger partial charge in [0.25, 0.3) is 5.91 Å². The molecule has 0 bridgehead atoms. The van der Waals surface area contributed by atoms with Crippen LogP contribution >= 0.6 is 11.6 Å². The second-order valence-corrected chi connectivity index (χ2v) is 11.1. The third-order valence-electron chi connectivity index (χ3n) is 8.29. The van der Waals surface area contributed by atoms with E-state index in [2.05, 4.69) is 10.4 Å². The average molecular weight is 531 g/mol. The molecule has 2 N–H and O–H groups in total. The van der Waals surface area contributed by atoms with Crippen molar-refractivity contribution in [1.29, 1.82) is 0 Å². The molecule has 2 heterocycles. The number of amidine groups is 1. The van der Waals surface area contributed by atoms with Crippen molar-refractivity contribution in [2.75, 3.05) is 16.9 Å². The largest absolute Gasteiger partial charge is 0.490 e. The van der Waals surface area contributed by atoms with Crippen LogP contribution in [0.3, 0.4) is 0 Å². The molecule has 1 unspecified atom stereocenters. The minimum Gasteiger partial charge on any atom is -0.490 e. The Balaban J connectivity index is 1.34. The molecule has 10 heteroatoms. The van der Waals surface area contributed by atoms with E-state index >= 15 is 4.39 Å².